The number of hydrogen-bond acceptors (Lipinski definition) is 2. The first-order valence-corrected chi connectivity index (χ1v) is 4.86. The van der Waals surface area contributed by atoms with Gasteiger partial charge in [-0.2, -0.15) is 4.99 Å². The van der Waals surface area contributed by atoms with Crippen molar-refractivity contribution in [1.82, 2.24) is 0 Å². The van der Waals surface area contributed by atoms with Gasteiger partial charge in [0, 0.05) is 0 Å². The van der Waals surface area contributed by atoms with E-state index in [9.17, 15) is 4.79 Å². The average Bonchev–Trinajstić information content (AvgIpc) is 2.03. The Balaban J connectivity index is 0.000000364. The fourth-order valence-electron chi connectivity index (χ4n) is 0.750. The normalized spacial score (nSPS) is 8.64. The van der Waals surface area contributed by atoms with E-state index in [4.69, 9.17) is 23.2 Å². The van der Waals surface area contributed by atoms with E-state index in [-0.39, 0.29) is 4.84 Å². The second kappa shape index (κ2) is 7.57. The first kappa shape index (κ1) is 13.2. The van der Waals surface area contributed by atoms with E-state index in [1.165, 1.54) is 6.08 Å². The highest BCUT2D eigenvalue weighted by Gasteiger charge is 1.86. The summed E-state index contributed by atoms with van der Waals surface area (Å²) in [6.45, 7) is 3.65. The van der Waals surface area contributed by atoms with Crippen LogP contribution in [0.1, 0.15) is 12.5 Å². The van der Waals surface area contributed by atoms with E-state index >= 15 is 0 Å². The van der Waals surface area contributed by atoms with Crippen molar-refractivity contribution in [3.05, 3.63) is 29.8 Å². The summed E-state index contributed by atoms with van der Waals surface area (Å²) in [6, 6.07) is 7.39. The molecule has 2 nitrogen and oxygen atoms in total. The molecule has 76 valence electrons. The van der Waals surface area contributed by atoms with Crippen LogP contribution in [0.4, 0.5) is 5.69 Å². The zero-order valence-electron chi connectivity index (χ0n) is 8.00. The lowest BCUT2D eigenvalue weighted by Gasteiger charge is -1.90. The van der Waals surface area contributed by atoms with Gasteiger partial charge in [0.2, 0.25) is 6.08 Å². The van der Waals surface area contributed by atoms with Crippen molar-refractivity contribution >= 4 is 35.0 Å². The van der Waals surface area contributed by atoms with Gasteiger partial charge in [-0.1, -0.05) is 12.1 Å². The molecule has 0 heterocycles. The highest BCUT2D eigenvalue weighted by molar-refractivity contribution is 6.43. The molecule has 0 aliphatic carbocycles. The molecule has 4 heteroatoms. The van der Waals surface area contributed by atoms with Crippen LogP contribution in [0.2, 0.25) is 0 Å². The zero-order valence-corrected chi connectivity index (χ0v) is 9.51. The summed E-state index contributed by atoms with van der Waals surface area (Å²) in [7, 11) is 0. The van der Waals surface area contributed by atoms with Crippen molar-refractivity contribution in [2.24, 2.45) is 4.99 Å². The first-order chi connectivity index (χ1) is 6.56. The largest absolute Gasteiger partial charge is 0.240 e. The van der Waals surface area contributed by atoms with Crippen LogP contribution in [0, 0.1) is 6.92 Å². The summed E-state index contributed by atoms with van der Waals surface area (Å²) in [5, 5.41) is 0. The minimum Gasteiger partial charge on any atom is -0.211 e. The second-order valence-electron chi connectivity index (χ2n) is 2.56. The molecule has 14 heavy (non-hydrogen) atoms. The Hall–Kier alpha value is -0.820. The molecule has 0 spiro atoms. The van der Waals surface area contributed by atoms with Crippen molar-refractivity contribution in [3.63, 3.8) is 0 Å². The monoisotopic (exact) mass is 231 g/mol. The third kappa shape index (κ3) is 7.81. The summed E-state index contributed by atoms with van der Waals surface area (Å²) < 4.78 is 0. The lowest BCUT2D eigenvalue weighted by molar-refractivity contribution is 0.565. The SMILES string of the molecule is CC(Cl)Cl.Cc1cccc(N=C=O)c1. The van der Waals surface area contributed by atoms with Crippen molar-refractivity contribution < 1.29 is 4.79 Å². The van der Waals surface area contributed by atoms with E-state index in [1.54, 1.807) is 13.0 Å². The van der Waals surface area contributed by atoms with Crippen LogP contribution in [-0.2, 0) is 4.79 Å². The number of alkyl halides is 2. The van der Waals surface area contributed by atoms with E-state index in [0.717, 1.165) is 5.56 Å². The third-order valence-corrected chi connectivity index (χ3v) is 1.18. The van der Waals surface area contributed by atoms with Gasteiger partial charge in [-0.15, -0.1) is 23.2 Å². The number of carbonyl (C=O) groups excluding carboxylic acids is 1. The van der Waals surface area contributed by atoms with Crippen LogP contribution in [0.15, 0.2) is 29.3 Å². The maximum absolute atomic E-state index is 9.79. The van der Waals surface area contributed by atoms with E-state index in [1.807, 2.05) is 25.1 Å². The number of halogens is 2. The Bertz CT molecular complexity index is 317. The van der Waals surface area contributed by atoms with E-state index < -0.39 is 0 Å². The van der Waals surface area contributed by atoms with Crippen LogP contribution in [0.3, 0.4) is 0 Å². The van der Waals surface area contributed by atoms with Crippen molar-refractivity contribution in [2.45, 2.75) is 18.7 Å². The van der Waals surface area contributed by atoms with Crippen LogP contribution >= 0.6 is 23.2 Å². The summed E-state index contributed by atoms with van der Waals surface area (Å²) in [4.78, 5) is 13.0. The van der Waals surface area contributed by atoms with Crippen molar-refractivity contribution in [2.75, 3.05) is 0 Å². The summed E-state index contributed by atoms with van der Waals surface area (Å²) >= 11 is 10.1. The van der Waals surface area contributed by atoms with Gasteiger partial charge in [0.1, 0.15) is 4.84 Å². The van der Waals surface area contributed by atoms with Crippen LogP contribution in [0.5, 0.6) is 0 Å². The highest BCUT2D eigenvalue weighted by atomic mass is 35.5. The summed E-state index contributed by atoms with van der Waals surface area (Å²) in [5.74, 6) is 0. The quantitative estimate of drug-likeness (QED) is 0.411. The third-order valence-electron chi connectivity index (χ3n) is 1.18. The van der Waals surface area contributed by atoms with Crippen LogP contribution in [-0.4, -0.2) is 10.9 Å². The van der Waals surface area contributed by atoms with Crippen LogP contribution in [0.25, 0.3) is 0 Å². The molecule has 0 N–H and O–H groups in total. The van der Waals surface area contributed by atoms with Gasteiger partial charge < -0.3 is 0 Å². The van der Waals surface area contributed by atoms with Gasteiger partial charge in [-0.3, -0.25) is 0 Å². The number of isocyanates is 1. The van der Waals surface area contributed by atoms with Gasteiger partial charge in [0.25, 0.3) is 0 Å². The van der Waals surface area contributed by atoms with Gasteiger partial charge in [0.15, 0.2) is 0 Å². The average molecular weight is 232 g/mol. The fourth-order valence-corrected chi connectivity index (χ4v) is 0.750. The predicted molar refractivity (Wildman–Crippen MR) is 60.1 cm³/mol. The molecule has 1 aromatic carbocycles. The number of rotatable bonds is 1. The molecule has 0 atom stereocenters. The standard InChI is InChI=1S/C8H7NO.C2H4Cl2/c1-7-3-2-4-8(5-7)9-6-10;1-2(3)4/h2-5H,1H3;2H,1H3. The maximum atomic E-state index is 9.79. The van der Waals surface area contributed by atoms with Gasteiger partial charge in [-0.05, 0) is 31.5 Å². The van der Waals surface area contributed by atoms with Gasteiger partial charge in [0.05, 0.1) is 5.69 Å². The number of aryl methyl sites for hydroxylation is 1. The Kier molecular flexibility index (Phi) is 7.13. The molecule has 0 aromatic heterocycles. The molecule has 0 aliphatic rings. The molecule has 1 rings (SSSR count). The molecular weight excluding hydrogens is 221 g/mol. The molecule has 0 amide bonds. The minimum atomic E-state index is -0.222. The number of hydrogen-bond donors (Lipinski definition) is 0. The molecule has 0 bridgehead atoms. The Labute approximate surface area is 93.6 Å². The topological polar surface area (TPSA) is 29.4 Å². The zero-order chi connectivity index (χ0) is 11.0. The Morgan fingerprint density at radius 1 is 1.43 bits per heavy atom. The second-order valence-corrected chi connectivity index (χ2v) is 4.09. The Morgan fingerprint density at radius 3 is 2.43 bits per heavy atom. The van der Waals surface area contributed by atoms with E-state index in [2.05, 4.69) is 4.99 Å². The van der Waals surface area contributed by atoms with Crippen LogP contribution < -0.4 is 0 Å². The number of nitrogens with zero attached hydrogens (tertiary/aromatic N) is 1. The fraction of sp³-hybridized carbons (Fsp3) is 0.300. The molecule has 0 radical (unpaired) electrons. The molecule has 0 fully saturated rings. The van der Waals surface area contributed by atoms with Gasteiger partial charge >= 0.3 is 0 Å². The lowest BCUT2D eigenvalue weighted by Crippen LogP contribution is -1.68. The van der Waals surface area contributed by atoms with E-state index in [0.29, 0.717) is 5.69 Å². The molecular formula is C10H11Cl2NO. The number of aliphatic imine (C=N–C) groups is 1. The van der Waals surface area contributed by atoms with Crippen molar-refractivity contribution in [3.8, 4) is 0 Å². The predicted octanol–water partition coefficient (Wildman–Crippen LogP) is 3.77. The summed E-state index contributed by atoms with van der Waals surface area (Å²) in [5.41, 5.74) is 1.76. The molecule has 0 unspecified atom stereocenters. The highest BCUT2D eigenvalue weighted by Crippen LogP contribution is 2.11. The van der Waals surface area contributed by atoms with Gasteiger partial charge in [-0.25, -0.2) is 4.79 Å². The first-order valence-electron chi connectivity index (χ1n) is 3.99. The molecule has 0 saturated carbocycles. The lowest BCUT2D eigenvalue weighted by atomic mass is 10.2. The molecule has 0 saturated heterocycles. The van der Waals surface area contributed by atoms with Crippen molar-refractivity contribution in [1.29, 1.82) is 0 Å². The number of benzene rings is 1. The molecule has 0 aliphatic heterocycles. The summed E-state index contributed by atoms with van der Waals surface area (Å²) in [6.07, 6.45) is 1.49. The Morgan fingerprint density at radius 2 is 2.00 bits per heavy atom. The maximum Gasteiger partial charge on any atom is 0.240 e. The smallest absolute Gasteiger partial charge is 0.211 e. The minimum absolute atomic E-state index is 0.222. The molecule has 1 aromatic rings.